The molecule has 0 saturated heterocycles. The minimum absolute atomic E-state index is 0.0794. The van der Waals surface area contributed by atoms with Gasteiger partial charge in [-0.1, -0.05) is 11.6 Å². The number of nitrogens with zero attached hydrogens (tertiary/aromatic N) is 2. The summed E-state index contributed by atoms with van der Waals surface area (Å²) in [5.41, 5.74) is 1.51. The molecule has 0 bridgehead atoms. The van der Waals surface area contributed by atoms with Gasteiger partial charge in [0.25, 0.3) is 0 Å². The van der Waals surface area contributed by atoms with E-state index in [1.165, 1.54) is 0 Å². The number of imidazole rings is 1. The van der Waals surface area contributed by atoms with Crippen LogP contribution in [0.4, 0.5) is 0 Å². The van der Waals surface area contributed by atoms with Crippen molar-refractivity contribution in [3.63, 3.8) is 0 Å². The van der Waals surface area contributed by atoms with Crippen molar-refractivity contribution in [1.82, 2.24) is 9.55 Å². The van der Waals surface area contributed by atoms with Gasteiger partial charge in [0.2, 0.25) is 0 Å². The zero-order valence-corrected chi connectivity index (χ0v) is 8.82. The van der Waals surface area contributed by atoms with Crippen LogP contribution < -0.4 is 0 Å². The molecular weight excluding hydrogens is 216 g/mol. The van der Waals surface area contributed by atoms with Gasteiger partial charge >= 0.3 is 5.97 Å². The molecule has 2 aromatic rings. The summed E-state index contributed by atoms with van der Waals surface area (Å²) in [5, 5.41) is 9.35. The van der Waals surface area contributed by atoms with Gasteiger partial charge in [0.1, 0.15) is 12.4 Å². The van der Waals surface area contributed by atoms with Crippen LogP contribution in [0.2, 0.25) is 5.02 Å². The Labute approximate surface area is 91.1 Å². The molecular formula is C10H9ClN2O2. The minimum Gasteiger partial charge on any atom is -0.480 e. The molecule has 0 aliphatic carbocycles. The number of carbonyl (C=O) groups is 1. The summed E-state index contributed by atoms with van der Waals surface area (Å²) in [5.74, 6) is -0.206. The summed E-state index contributed by atoms with van der Waals surface area (Å²) in [4.78, 5) is 14.9. The van der Waals surface area contributed by atoms with Gasteiger partial charge in [-0.25, -0.2) is 4.98 Å². The molecule has 0 radical (unpaired) electrons. The number of benzene rings is 1. The van der Waals surface area contributed by atoms with E-state index in [-0.39, 0.29) is 6.54 Å². The molecule has 0 saturated carbocycles. The van der Waals surface area contributed by atoms with Gasteiger partial charge in [0.05, 0.1) is 11.0 Å². The van der Waals surface area contributed by atoms with Crippen molar-refractivity contribution in [3.05, 3.63) is 29.0 Å². The Kier molecular flexibility index (Phi) is 2.36. The Hall–Kier alpha value is -1.55. The summed E-state index contributed by atoms with van der Waals surface area (Å²) in [6.45, 7) is 1.70. The summed E-state index contributed by atoms with van der Waals surface area (Å²) >= 11 is 5.82. The molecule has 1 N–H and O–H groups in total. The second kappa shape index (κ2) is 3.55. The van der Waals surface area contributed by atoms with Crippen molar-refractivity contribution in [2.24, 2.45) is 0 Å². The van der Waals surface area contributed by atoms with Crippen LogP contribution in [0.3, 0.4) is 0 Å². The topological polar surface area (TPSA) is 55.1 Å². The Balaban J connectivity index is 2.63. The smallest absolute Gasteiger partial charge is 0.323 e. The van der Waals surface area contributed by atoms with E-state index < -0.39 is 5.97 Å². The highest BCUT2D eigenvalue weighted by molar-refractivity contribution is 6.31. The summed E-state index contributed by atoms with van der Waals surface area (Å²) < 4.78 is 1.65. The fourth-order valence-corrected chi connectivity index (χ4v) is 1.72. The predicted molar refractivity (Wildman–Crippen MR) is 57.1 cm³/mol. The number of hydrogen-bond acceptors (Lipinski definition) is 2. The third kappa shape index (κ3) is 1.80. The number of fused-ring (bicyclic) bond motifs is 1. The Morgan fingerprint density at radius 1 is 1.60 bits per heavy atom. The predicted octanol–water partition coefficient (Wildman–Crippen LogP) is 2.08. The van der Waals surface area contributed by atoms with Gasteiger partial charge in [-0.15, -0.1) is 0 Å². The first-order valence-electron chi connectivity index (χ1n) is 4.42. The van der Waals surface area contributed by atoms with E-state index in [0.717, 1.165) is 11.0 Å². The highest BCUT2D eigenvalue weighted by Crippen LogP contribution is 2.20. The molecule has 0 atom stereocenters. The number of aryl methyl sites for hydroxylation is 1. The molecule has 15 heavy (non-hydrogen) atoms. The van der Waals surface area contributed by atoms with Crippen LogP contribution in [0.15, 0.2) is 18.2 Å². The first-order valence-corrected chi connectivity index (χ1v) is 4.80. The number of aliphatic carboxylic acids is 1. The average Bonchev–Trinajstić information content (AvgIpc) is 2.41. The lowest BCUT2D eigenvalue weighted by Gasteiger charge is -2.01. The third-order valence-electron chi connectivity index (χ3n) is 2.19. The van der Waals surface area contributed by atoms with Gasteiger partial charge in [0, 0.05) is 5.02 Å². The number of rotatable bonds is 2. The zero-order valence-electron chi connectivity index (χ0n) is 8.07. The maximum Gasteiger partial charge on any atom is 0.323 e. The first-order chi connectivity index (χ1) is 7.08. The average molecular weight is 225 g/mol. The van der Waals surface area contributed by atoms with E-state index in [1.807, 2.05) is 0 Å². The number of hydrogen-bond donors (Lipinski definition) is 1. The molecule has 0 fully saturated rings. The lowest BCUT2D eigenvalue weighted by atomic mass is 10.3. The largest absolute Gasteiger partial charge is 0.480 e. The molecule has 1 aromatic carbocycles. The quantitative estimate of drug-likeness (QED) is 0.850. The van der Waals surface area contributed by atoms with Crippen LogP contribution in [-0.4, -0.2) is 20.6 Å². The van der Waals surface area contributed by atoms with E-state index in [9.17, 15) is 4.79 Å². The van der Waals surface area contributed by atoms with Crippen molar-refractivity contribution in [2.45, 2.75) is 13.5 Å². The second-order valence-electron chi connectivity index (χ2n) is 3.27. The number of carboxylic acid groups (broad SMARTS) is 1. The standard InChI is InChI=1S/C10H9ClN2O2/c1-6-12-8-4-7(11)2-3-9(8)13(6)5-10(14)15/h2-4H,5H2,1H3,(H,14,15). The lowest BCUT2D eigenvalue weighted by Crippen LogP contribution is -2.09. The van der Waals surface area contributed by atoms with Gasteiger partial charge < -0.3 is 9.67 Å². The normalized spacial score (nSPS) is 10.8. The Morgan fingerprint density at radius 2 is 2.33 bits per heavy atom. The van der Waals surface area contributed by atoms with E-state index >= 15 is 0 Å². The Morgan fingerprint density at radius 3 is 3.00 bits per heavy atom. The van der Waals surface area contributed by atoms with Crippen LogP contribution in [0.1, 0.15) is 5.82 Å². The number of halogens is 1. The molecule has 78 valence electrons. The van der Waals surface area contributed by atoms with E-state index in [1.54, 1.807) is 29.7 Å². The van der Waals surface area contributed by atoms with Crippen molar-refractivity contribution in [1.29, 1.82) is 0 Å². The van der Waals surface area contributed by atoms with E-state index in [2.05, 4.69) is 4.98 Å². The highest BCUT2D eigenvalue weighted by atomic mass is 35.5. The number of carboxylic acids is 1. The minimum atomic E-state index is -0.882. The SMILES string of the molecule is Cc1nc2cc(Cl)ccc2n1CC(=O)O. The van der Waals surface area contributed by atoms with Crippen LogP contribution in [0.25, 0.3) is 11.0 Å². The van der Waals surface area contributed by atoms with Crippen LogP contribution in [0.5, 0.6) is 0 Å². The number of aromatic nitrogens is 2. The Bertz CT molecular complexity index is 533. The lowest BCUT2D eigenvalue weighted by molar-refractivity contribution is -0.137. The fraction of sp³-hybridized carbons (Fsp3) is 0.200. The molecule has 0 amide bonds. The van der Waals surface area contributed by atoms with Crippen LogP contribution in [-0.2, 0) is 11.3 Å². The zero-order chi connectivity index (χ0) is 11.0. The van der Waals surface area contributed by atoms with Crippen LogP contribution >= 0.6 is 11.6 Å². The van der Waals surface area contributed by atoms with Crippen molar-refractivity contribution in [3.8, 4) is 0 Å². The molecule has 0 aliphatic rings. The van der Waals surface area contributed by atoms with Gasteiger partial charge in [-0.05, 0) is 25.1 Å². The monoisotopic (exact) mass is 224 g/mol. The van der Waals surface area contributed by atoms with Crippen molar-refractivity contribution >= 4 is 28.6 Å². The van der Waals surface area contributed by atoms with Gasteiger partial charge in [-0.3, -0.25) is 4.79 Å². The summed E-state index contributed by atoms with van der Waals surface area (Å²) in [6, 6.07) is 5.23. The molecule has 1 heterocycles. The van der Waals surface area contributed by atoms with Gasteiger partial charge in [0.15, 0.2) is 0 Å². The van der Waals surface area contributed by atoms with Crippen LogP contribution in [0, 0.1) is 6.92 Å². The molecule has 5 heteroatoms. The maximum absolute atomic E-state index is 10.7. The molecule has 0 spiro atoms. The van der Waals surface area contributed by atoms with Gasteiger partial charge in [-0.2, -0.15) is 0 Å². The van der Waals surface area contributed by atoms with E-state index in [4.69, 9.17) is 16.7 Å². The molecule has 4 nitrogen and oxygen atoms in total. The fourth-order valence-electron chi connectivity index (χ4n) is 1.56. The maximum atomic E-state index is 10.7. The first kappa shape index (κ1) is 9.98. The summed E-state index contributed by atoms with van der Waals surface area (Å²) in [6.07, 6.45) is 0. The molecule has 1 aromatic heterocycles. The molecule has 2 rings (SSSR count). The highest BCUT2D eigenvalue weighted by Gasteiger charge is 2.09. The van der Waals surface area contributed by atoms with Crippen molar-refractivity contribution in [2.75, 3.05) is 0 Å². The molecule has 0 aliphatic heterocycles. The molecule has 0 unspecified atom stereocenters. The van der Waals surface area contributed by atoms with E-state index in [0.29, 0.717) is 10.8 Å². The second-order valence-corrected chi connectivity index (χ2v) is 3.71. The van der Waals surface area contributed by atoms with Crippen molar-refractivity contribution < 1.29 is 9.90 Å². The third-order valence-corrected chi connectivity index (χ3v) is 2.43. The summed E-state index contributed by atoms with van der Waals surface area (Å²) in [7, 11) is 0.